The Kier molecular flexibility index (Phi) is 11.0. The van der Waals surface area contributed by atoms with Gasteiger partial charge in [-0.2, -0.15) is 0 Å². The number of carbonyl (C=O) groups excluding carboxylic acids is 3. The van der Waals surface area contributed by atoms with Crippen LogP contribution in [0.25, 0.3) is 10.9 Å². The number of ether oxygens (including phenoxy) is 2. The lowest BCUT2D eigenvalue weighted by atomic mass is 9.86. The number of likely N-dealkylation sites (tertiary alicyclic amines) is 1. The fourth-order valence-corrected chi connectivity index (χ4v) is 7.15. The molecule has 1 aromatic heterocycles. The van der Waals surface area contributed by atoms with E-state index < -0.39 is 62.7 Å². The zero-order chi connectivity index (χ0) is 34.7. The van der Waals surface area contributed by atoms with Gasteiger partial charge < -0.3 is 24.8 Å². The van der Waals surface area contributed by atoms with Gasteiger partial charge in [-0.1, -0.05) is 37.0 Å². The smallest absolute Gasteiger partial charge is 0.259 e. The Bertz CT molecular complexity index is 1640. The summed E-state index contributed by atoms with van der Waals surface area (Å²) in [5, 5.41) is 12.8. The van der Waals surface area contributed by atoms with Crippen LogP contribution < -0.4 is 25.0 Å². The number of aliphatic hydroxyl groups excluding tert-OH is 1. The molecule has 2 aliphatic rings. The van der Waals surface area contributed by atoms with Gasteiger partial charge in [-0.15, -0.1) is 6.58 Å². The number of fused-ring (bicyclic) bond motifs is 1. The van der Waals surface area contributed by atoms with Crippen LogP contribution in [0.4, 0.5) is 0 Å². The second-order valence-corrected chi connectivity index (χ2v) is 14.8. The van der Waals surface area contributed by atoms with E-state index >= 15 is 0 Å². The fraction of sp³-hybridized carbons (Fsp3) is 0.576. The zero-order valence-corrected chi connectivity index (χ0v) is 28.6. The number of nitrogens with zero attached hydrogens (tertiary/aromatic N) is 2. The molecule has 254 valence electrons. The van der Waals surface area contributed by atoms with Crippen LogP contribution in [-0.4, -0.2) is 91.7 Å². The highest BCUT2D eigenvalue weighted by atomic mass is 32.2. The Morgan fingerprint density at radius 3 is 2.49 bits per heavy atom. The van der Waals surface area contributed by atoms with E-state index in [0.717, 1.165) is 5.56 Å². The zero-order valence-electron chi connectivity index (χ0n) is 27.8. The average molecular weight is 669 g/mol. The second kappa shape index (κ2) is 14.2. The lowest BCUT2D eigenvalue weighted by Crippen LogP contribution is -2.62. The highest BCUT2D eigenvalue weighted by Crippen LogP contribution is 2.34. The highest BCUT2D eigenvalue weighted by Gasteiger charge is 2.49. The number of aryl methyl sites for hydroxylation is 1. The molecule has 0 bridgehead atoms. The third-order valence-corrected chi connectivity index (χ3v) is 10.7. The van der Waals surface area contributed by atoms with Crippen molar-refractivity contribution < 1.29 is 37.4 Å². The number of amides is 3. The molecular formula is C33H45BN4O8S. The topological polar surface area (TPSA) is 164 Å². The first-order valence-electron chi connectivity index (χ1n) is 16.1. The van der Waals surface area contributed by atoms with Crippen molar-refractivity contribution in [3.05, 3.63) is 36.4 Å². The van der Waals surface area contributed by atoms with Crippen molar-refractivity contribution in [2.45, 2.75) is 96.1 Å². The lowest BCUT2D eigenvalue weighted by molar-refractivity contribution is -0.148. The van der Waals surface area contributed by atoms with Gasteiger partial charge in [0.1, 0.15) is 31.3 Å². The van der Waals surface area contributed by atoms with Crippen LogP contribution in [0.2, 0.25) is 0 Å². The van der Waals surface area contributed by atoms with Crippen LogP contribution in [0.1, 0.15) is 72.3 Å². The number of hydrogen-bond acceptors (Lipinski definition) is 9. The van der Waals surface area contributed by atoms with Crippen LogP contribution in [-0.2, 0) is 30.8 Å². The first-order chi connectivity index (χ1) is 22.2. The standard InChI is InChI=1S/C33H45BN4O8S/c1-7-15-33(9-3,30(41)37-47(43,44)22-12-13-22)36-29(40)24-16-21(18-38(24)31(42)32(5,6)19-39)46-25-17-26(45-10-4)35-28-23(25)14-11-20(8-2)27(28)34/h7,11,14,17,21-22,24,39H,1,8-10,12-13,15-16,18-19H2,2-6H3,(H,36,40)(H,37,41)/t21-,24+,33-/m1/s1. The van der Waals surface area contributed by atoms with Gasteiger partial charge in [0.25, 0.3) is 5.91 Å². The number of rotatable bonds is 15. The van der Waals surface area contributed by atoms with Crippen molar-refractivity contribution in [2.24, 2.45) is 5.41 Å². The minimum Gasteiger partial charge on any atom is -0.488 e. The van der Waals surface area contributed by atoms with Crippen molar-refractivity contribution in [1.29, 1.82) is 0 Å². The van der Waals surface area contributed by atoms with E-state index in [-0.39, 0.29) is 25.8 Å². The van der Waals surface area contributed by atoms with Crippen LogP contribution in [0.15, 0.2) is 30.9 Å². The predicted octanol–water partition coefficient (Wildman–Crippen LogP) is 1.81. The van der Waals surface area contributed by atoms with E-state index in [2.05, 4.69) is 21.6 Å². The summed E-state index contributed by atoms with van der Waals surface area (Å²) in [6.45, 7) is 12.2. The maximum absolute atomic E-state index is 14.1. The Morgan fingerprint density at radius 2 is 1.91 bits per heavy atom. The summed E-state index contributed by atoms with van der Waals surface area (Å²) in [5.74, 6) is -1.29. The van der Waals surface area contributed by atoms with E-state index in [1.165, 1.54) is 11.0 Å². The molecular weight excluding hydrogens is 623 g/mol. The maximum Gasteiger partial charge on any atom is 0.259 e. The van der Waals surface area contributed by atoms with Crippen molar-refractivity contribution in [1.82, 2.24) is 19.9 Å². The molecule has 2 aromatic rings. The molecule has 1 aromatic carbocycles. The SMILES string of the molecule is [B]c1c(CC)ccc2c(O[C@@H]3C[C@@H](C(=O)N[C@](CC)(CC=C)C(=O)NS(=O)(=O)C4CC4)N(C(=O)C(C)(C)CO)C3)cc(OCC)nc12. The number of sulfonamides is 1. The molecule has 0 unspecified atom stereocenters. The average Bonchev–Trinajstić information content (AvgIpc) is 3.82. The molecule has 2 radical (unpaired) electrons. The third kappa shape index (κ3) is 7.59. The molecule has 14 heteroatoms. The number of carbonyl (C=O) groups is 3. The Balaban J connectivity index is 1.68. The molecule has 0 spiro atoms. The van der Waals surface area contributed by atoms with Crippen LogP contribution in [0, 0.1) is 5.41 Å². The summed E-state index contributed by atoms with van der Waals surface area (Å²) >= 11 is 0. The molecule has 1 aliphatic carbocycles. The van der Waals surface area contributed by atoms with Crippen molar-refractivity contribution in [3.63, 3.8) is 0 Å². The molecule has 3 atom stereocenters. The molecule has 2 fully saturated rings. The number of aromatic nitrogens is 1. The normalized spacial score (nSPS) is 19.6. The van der Waals surface area contributed by atoms with Gasteiger partial charge in [0.2, 0.25) is 27.7 Å². The van der Waals surface area contributed by atoms with Gasteiger partial charge in [-0.3, -0.25) is 19.1 Å². The second-order valence-electron chi connectivity index (χ2n) is 12.9. The molecule has 3 amide bonds. The summed E-state index contributed by atoms with van der Waals surface area (Å²) < 4.78 is 39.6. The molecule has 47 heavy (non-hydrogen) atoms. The van der Waals surface area contributed by atoms with Gasteiger partial charge >= 0.3 is 0 Å². The molecule has 3 N–H and O–H groups in total. The van der Waals surface area contributed by atoms with Gasteiger partial charge in [0.05, 0.1) is 35.9 Å². The number of aliphatic hydroxyl groups is 1. The summed E-state index contributed by atoms with van der Waals surface area (Å²) in [6, 6.07) is 4.30. The lowest BCUT2D eigenvalue weighted by Gasteiger charge is -2.35. The number of nitrogens with one attached hydrogen (secondary N) is 2. The minimum atomic E-state index is -3.90. The van der Waals surface area contributed by atoms with Crippen LogP contribution >= 0.6 is 0 Å². The van der Waals surface area contributed by atoms with Crippen molar-refractivity contribution in [2.75, 3.05) is 19.8 Å². The number of pyridine rings is 1. The highest BCUT2D eigenvalue weighted by molar-refractivity contribution is 7.91. The third-order valence-electron chi connectivity index (χ3n) is 8.91. The summed E-state index contributed by atoms with van der Waals surface area (Å²) in [6.07, 6.45) is 2.43. The van der Waals surface area contributed by atoms with E-state index in [9.17, 15) is 27.9 Å². The maximum atomic E-state index is 14.1. The molecule has 2 heterocycles. The van der Waals surface area contributed by atoms with Crippen molar-refractivity contribution >= 4 is 52.0 Å². The molecule has 12 nitrogen and oxygen atoms in total. The first-order valence-corrected chi connectivity index (χ1v) is 17.6. The summed E-state index contributed by atoms with van der Waals surface area (Å²) in [5.41, 5.74) is -0.929. The Hall–Kier alpha value is -3.65. The molecule has 4 rings (SSSR count). The van der Waals surface area contributed by atoms with E-state index in [1.54, 1.807) is 26.8 Å². The predicted molar refractivity (Wildman–Crippen MR) is 179 cm³/mol. The van der Waals surface area contributed by atoms with Crippen molar-refractivity contribution in [3.8, 4) is 11.6 Å². The molecule has 1 saturated carbocycles. The van der Waals surface area contributed by atoms with Gasteiger partial charge in [-0.25, -0.2) is 13.4 Å². The first kappa shape index (κ1) is 36.2. The quantitative estimate of drug-likeness (QED) is 0.190. The van der Waals surface area contributed by atoms with E-state index in [1.807, 2.05) is 26.0 Å². The summed E-state index contributed by atoms with van der Waals surface area (Å²) in [4.78, 5) is 47.2. The van der Waals surface area contributed by atoms with Crippen LogP contribution in [0.5, 0.6) is 11.6 Å². The van der Waals surface area contributed by atoms with Crippen LogP contribution in [0.3, 0.4) is 0 Å². The number of benzene rings is 1. The fourth-order valence-electron chi connectivity index (χ4n) is 5.77. The Morgan fingerprint density at radius 1 is 1.21 bits per heavy atom. The monoisotopic (exact) mass is 668 g/mol. The van der Waals surface area contributed by atoms with Gasteiger partial charge in [0.15, 0.2) is 0 Å². The largest absolute Gasteiger partial charge is 0.488 e. The van der Waals surface area contributed by atoms with Gasteiger partial charge in [-0.05, 0) is 58.9 Å². The molecule has 1 aliphatic heterocycles. The van der Waals surface area contributed by atoms with E-state index in [0.29, 0.717) is 53.9 Å². The number of hydrogen-bond donors (Lipinski definition) is 3. The minimum absolute atomic E-state index is 0.000497. The van der Waals surface area contributed by atoms with Gasteiger partial charge in [0, 0.05) is 17.9 Å². The Labute approximate surface area is 278 Å². The molecule has 1 saturated heterocycles. The van der Waals surface area contributed by atoms with E-state index in [4.69, 9.17) is 17.3 Å². The summed E-state index contributed by atoms with van der Waals surface area (Å²) in [7, 11) is 2.56.